The monoisotopic (exact) mass is 277 g/mol. The Hall–Kier alpha value is -0.210. The summed E-state index contributed by atoms with van der Waals surface area (Å²) in [6.07, 6.45) is 1.21. The fourth-order valence-electron chi connectivity index (χ4n) is 2.69. The zero-order valence-corrected chi connectivity index (χ0v) is 11.7. The van der Waals surface area contributed by atoms with Gasteiger partial charge in [0.1, 0.15) is 0 Å². The summed E-state index contributed by atoms with van der Waals surface area (Å²) < 4.78 is 32.1. The molecule has 7 heteroatoms. The SMILES string of the molecule is CN1CCN(S(=O)(=O)C2CCOCC2)C(CN)C1. The van der Waals surface area contributed by atoms with E-state index in [1.165, 1.54) is 0 Å². The maximum absolute atomic E-state index is 12.6. The Balaban J connectivity index is 2.12. The molecule has 1 atom stereocenters. The van der Waals surface area contributed by atoms with Crippen molar-refractivity contribution in [2.24, 2.45) is 5.73 Å². The molecular weight excluding hydrogens is 254 g/mol. The Morgan fingerprint density at radius 3 is 2.56 bits per heavy atom. The van der Waals surface area contributed by atoms with E-state index in [1.54, 1.807) is 4.31 Å². The molecule has 0 bridgehead atoms. The van der Waals surface area contributed by atoms with Gasteiger partial charge in [-0.15, -0.1) is 0 Å². The summed E-state index contributed by atoms with van der Waals surface area (Å²) in [5, 5.41) is -0.288. The van der Waals surface area contributed by atoms with Gasteiger partial charge in [0.15, 0.2) is 0 Å². The fourth-order valence-corrected chi connectivity index (χ4v) is 4.76. The van der Waals surface area contributed by atoms with Gasteiger partial charge in [0.05, 0.1) is 5.25 Å². The lowest BCUT2D eigenvalue weighted by Crippen LogP contribution is -2.58. The van der Waals surface area contributed by atoms with Crippen LogP contribution in [-0.4, -0.2) is 75.4 Å². The minimum atomic E-state index is -3.22. The lowest BCUT2D eigenvalue weighted by atomic mass is 10.2. The van der Waals surface area contributed by atoms with E-state index in [9.17, 15) is 8.42 Å². The van der Waals surface area contributed by atoms with Crippen LogP contribution in [0.3, 0.4) is 0 Å². The van der Waals surface area contributed by atoms with Crippen molar-refractivity contribution in [2.45, 2.75) is 24.1 Å². The molecule has 0 aliphatic carbocycles. The number of likely N-dealkylation sites (N-methyl/N-ethyl adjacent to an activating group) is 1. The van der Waals surface area contributed by atoms with Crippen LogP contribution in [0.15, 0.2) is 0 Å². The van der Waals surface area contributed by atoms with Crippen LogP contribution in [-0.2, 0) is 14.8 Å². The highest BCUT2D eigenvalue weighted by molar-refractivity contribution is 7.89. The van der Waals surface area contributed by atoms with E-state index in [4.69, 9.17) is 10.5 Å². The van der Waals surface area contributed by atoms with E-state index in [2.05, 4.69) is 4.90 Å². The second kappa shape index (κ2) is 5.83. The van der Waals surface area contributed by atoms with E-state index in [-0.39, 0.29) is 11.3 Å². The highest BCUT2D eigenvalue weighted by Gasteiger charge is 2.38. The van der Waals surface area contributed by atoms with Crippen molar-refractivity contribution in [1.29, 1.82) is 0 Å². The number of nitrogens with two attached hydrogens (primary N) is 1. The van der Waals surface area contributed by atoms with E-state index < -0.39 is 10.0 Å². The second-order valence-electron chi connectivity index (χ2n) is 5.12. The molecule has 6 nitrogen and oxygen atoms in total. The highest BCUT2D eigenvalue weighted by atomic mass is 32.2. The topological polar surface area (TPSA) is 75.9 Å². The maximum Gasteiger partial charge on any atom is 0.217 e. The van der Waals surface area contributed by atoms with Crippen LogP contribution in [0.1, 0.15) is 12.8 Å². The molecule has 106 valence electrons. The summed E-state index contributed by atoms with van der Waals surface area (Å²) in [5.74, 6) is 0. The summed E-state index contributed by atoms with van der Waals surface area (Å²) in [6, 6.07) is -0.0865. The van der Waals surface area contributed by atoms with Crippen LogP contribution in [0.2, 0.25) is 0 Å². The average Bonchev–Trinajstić information content (AvgIpc) is 2.39. The van der Waals surface area contributed by atoms with Crippen LogP contribution in [0, 0.1) is 0 Å². The summed E-state index contributed by atoms with van der Waals surface area (Å²) in [4.78, 5) is 2.13. The molecule has 2 aliphatic rings. The smallest absolute Gasteiger partial charge is 0.217 e. The van der Waals surface area contributed by atoms with Crippen molar-refractivity contribution < 1.29 is 13.2 Å². The summed E-state index contributed by atoms with van der Waals surface area (Å²) in [7, 11) is -1.22. The number of hydrogen-bond acceptors (Lipinski definition) is 5. The van der Waals surface area contributed by atoms with E-state index in [0.717, 1.165) is 13.1 Å². The normalized spacial score (nSPS) is 29.6. The molecule has 0 amide bonds. The molecule has 2 fully saturated rings. The van der Waals surface area contributed by atoms with Crippen LogP contribution in [0.5, 0.6) is 0 Å². The Bertz CT molecular complexity index is 368. The lowest BCUT2D eigenvalue weighted by Gasteiger charge is -2.40. The number of hydrogen-bond donors (Lipinski definition) is 1. The third-order valence-corrected chi connectivity index (χ3v) is 6.27. The third-order valence-electron chi connectivity index (χ3n) is 3.82. The van der Waals surface area contributed by atoms with Crippen LogP contribution in [0.25, 0.3) is 0 Å². The molecule has 2 heterocycles. The van der Waals surface area contributed by atoms with Gasteiger partial charge < -0.3 is 15.4 Å². The van der Waals surface area contributed by atoms with Gasteiger partial charge in [-0.1, -0.05) is 0 Å². The number of rotatable bonds is 3. The Morgan fingerprint density at radius 2 is 1.94 bits per heavy atom. The van der Waals surface area contributed by atoms with E-state index in [0.29, 0.717) is 39.1 Å². The first-order valence-corrected chi connectivity index (χ1v) is 8.03. The van der Waals surface area contributed by atoms with Gasteiger partial charge in [-0.3, -0.25) is 0 Å². The van der Waals surface area contributed by atoms with Crippen molar-refractivity contribution in [3.05, 3.63) is 0 Å². The Labute approximate surface area is 109 Å². The molecule has 2 rings (SSSR count). The second-order valence-corrected chi connectivity index (χ2v) is 7.28. The minimum absolute atomic E-state index is 0.0865. The predicted molar refractivity (Wildman–Crippen MR) is 69.8 cm³/mol. The van der Waals surface area contributed by atoms with Crippen molar-refractivity contribution in [3.8, 4) is 0 Å². The highest BCUT2D eigenvalue weighted by Crippen LogP contribution is 2.23. The number of nitrogens with zero attached hydrogens (tertiary/aromatic N) is 2. The standard InChI is InChI=1S/C11H23N3O3S/c1-13-4-5-14(10(8-12)9-13)18(15,16)11-2-6-17-7-3-11/h10-11H,2-9,12H2,1H3. The summed E-state index contributed by atoms with van der Waals surface area (Å²) in [5.41, 5.74) is 5.72. The van der Waals surface area contributed by atoms with Gasteiger partial charge in [-0.2, -0.15) is 4.31 Å². The van der Waals surface area contributed by atoms with Gasteiger partial charge in [-0.05, 0) is 19.9 Å². The molecule has 0 aromatic carbocycles. The Kier molecular flexibility index (Phi) is 4.60. The summed E-state index contributed by atoms with van der Waals surface area (Å²) >= 11 is 0. The largest absolute Gasteiger partial charge is 0.381 e. The van der Waals surface area contributed by atoms with Gasteiger partial charge in [-0.25, -0.2) is 8.42 Å². The van der Waals surface area contributed by atoms with Crippen LogP contribution < -0.4 is 5.73 Å². The van der Waals surface area contributed by atoms with Crippen LogP contribution in [0.4, 0.5) is 0 Å². The molecule has 1 unspecified atom stereocenters. The van der Waals surface area contributed by atoms with Crippen molar-refractivity contribution in [3.63, 3.8) is 0 Å². The lowest BCUT2D eigenvalue weighted by molar-refractivity contribution is 0.0949. The molecule has 2 saturated heterocycles. The van der Waals surface area contributed by atoms with Gasteiger partial charge in [0, 0.05) is 45.4 Å². The van der Waals surface area contributed by atoms with E-state index in [1.807, 2.05) is 7.05 Å². The molecule has 0 aromatic rings. The number of ether oxygens (including phenoxy) is 1. The molecule has 2 N–H and O–H groups in total. The minimum Gasteiger partial charge on any atom is -0.381 e. The molecule has 18 heavy (non-hydrogen) atoms. The molecule has 2 aliphatic heterocycles. The van der Waals surface area contributed by atoms with Crippen molar-refractivity contribution >= 4 is 10.0 Å². The molecule has 0 spiro atoms. The molecule has 0 saturated carbocycles. The van der Waals surface area contributed by atoms with Gasteiger partial charge >= 0.3 is 0 Å². The van der Waals surface area contributed by atoms with Crippen LogP contribution >= 0.6 is 0 Å². The van der Waals surface area contributed by atoms with Crippen molar-refractivity contribution in [1.82, 2.24) is 9.21 Å². The maximum atomic E-state index is 12.6. The Morgan fingerprint density at radius 1 is 1.28 bits per heavy atom. The third kappa shape index (κ3) is 2.85. The predicted octanol–water partition coefficient (Wildman–Crippen LogP) is -0.930. The quantitative estimate of drug-likeness (QED) is 0.721. The summed E-state index contributed by atoms with van der Waals surface area (Å²) in [6.45, 7) is 3.53. The average molecular weight is 277 g/mol. The van der Waals surface area contributed by atoms with Crippen molar-refractivity contribution in [2.75, 3.05) is 46.4 Å². The van der Waals surface area contributed by atoms with E-state index >= 15 is 0 Å². The van der Waals surface area contributed by atoms with Gasteiger partial charge in [0.2, 0.25) is 10.0 Å². The zero-order valence-electron chi connectivity index (χ0n) is 10.9. The first-order chi connectivity index (χ1) is 8.55. The molecular formula is C11H23N3O3S. The fraction of sp³-hybridized carbons (Fsp3) is 1.00. The first kappa shape index (κ1) is 14.2. The molecule has 0 radical (unpaired) electrons. The molecule has 0 aromatic heterocycles. The number of sulfonamides is 1. The zero-order chi connectivity index (χ0) is 13.2. The number of piperazine rings is 1. The first-order valence-electron chi connectivity index (χ1n) is 6.52. The van der Waals surface area contributed by atoms with Gasteiger partial charge in [0.25, 0.3) is 0 Å².